The van der Waals surface area contributed by atoms with Gasteiger partial charge in [0.05, 0.1) is 30.1 Å². The highest BCUT2D eigenvalue weighted by Crippen LogP contribution is 2.22. The lowest BCUT2D eigenvalue weighted by Gasteiger charge is -2.45. The van der Waals surface area contributed by atoms with Gasteiger partial charge in [-0.25, -0.2) is 0 Å². The molecule has 0 aliphatic carbocycles. The van der Waals surface area contributed by atoms with Crippen LogP contribution >= 0.6 is 0 Å². The minimum Gasteiger partial charge on any atom is -0.315 e. The van der Waals surface area contributed by atoms with Crippen LogP contribution in [0.25, 0.3) is 0 Å². The third-order valence-corrected chi connectivity index (χ3v) is 2.31. The van der Waals surface area contributed by atoms with Crippen molar-refractivity contribution in [3.8, 4) is 0 Å². The smallest absolute Gasteiger partial charge is 0.0823 e. The number of hydrogen-bond acceptors (Lipinski definition) is 8. The molecule has 0 heterocycles. The van der Waals surface area contributed by atoms with Crippen LogP contribution in [0.3, 0.4) is 0 Å². The summed E-state index contributed by atoms with van der Waals surface area (Å²) >= 11 is 0. The molecule has 8 nitrogen and oxygen atoms in total. The van der Waals surface area contributed by atoms with E-state index in [2.05, 4.69) is 0 Å². The van der Waals surface area contributed by atoms with Gasteiger partial charge in [-0.2, -0.15) is 0 Å². The van der Waals surface area contributed by atoms with Gasteiger partial charge in [-0.1, -0.05) is 0 Å². The Kier molecular flexibility index (Phi) is 4.16. The standard InChI is InChI=1S/C5H20N8/c6-1(7)5(2(8)9,3(10)11)4(12)13/h1-4H,6-13H2. The molecule has 0 atom stereocenters. The van der Waals surface area contributed by atoms with Crippen LogP contribution in [-0.2, 0) is 0 Å². The van der Waals surface area contributed by atoms with Gasteiger partial charge >= 0.3 is 0 Å². The molecule has 0 bridgehead atoms. The molecule has 0 rings (SSSR count). The van der Waals surface area contributed by atoms with Crippen LogP contribution in [0.4, 0.5) is 0 Å². The van der Waals surface area contributed by atoms with Gasteiger partial charge in [0.2, 0.25) is 0 Å². The zero-order chi connectivity index (χ0) is 10.8. The second-order valence-electron chi connectivity index (χ2n) is 3.10. The van der Waals surface area contributed by atoms with Gasteiger partial charge in [0.1, 0.15) is 0 Å². The molecule has 0 aliphatic heterocycles. The first kappa shape index (κ1) is 12.7. The summed E-state index contributed by atoms with van der Waals surface area (Å²) in [6.07, 6.45) is -3.92. The quantitative estimate of drug-likeness (QED) is 0.201. The molecular weight excluding hydrogens is 172 g/mol. The summed E-state index contributed by atoms with van der Waals surface area (Å²) in [6.45, 7) is 0. The molecule has 13 heavy (non-hydrogen) atoms. The van der Waals surface area contributed by atoms with E-state index in [9.17, 15) is 0 Å². The first-order valence-electron chi connectivity index (χ1n) is 3.82. The summed E-state index contributed by atoms with van der Waals surface area (Å²) in [5.74, 6) is 0. The molecule has 80 valence electrons. The van der Waals surface area contributed by atoms with Crippen LogP contribution in [0.2, 0.25) is 0 Å². The van der Waals surface area contributed by atoms with Crippen molar-refractivity contribution in [1.82, 2.24) is 0 Å². The molecule has 0 amide bonds. The van der Waals surface area contributed by atoms with Crippen molar-refractivity contribution < 1.29 is 0 Å². The first-order chi connectivity index (χ1) is 5.77. The highest BCUT2D eigenvalue weighted by molar-refractivity contribution is 5.02. The van der Waals surface area contributed by atoms with Gasteiger partial charge in [-0.3, -0.25) is 0 Å². The van der Waals surface area contributed by atoms with Gasteiger partial charge in [0.25, 0.3) is 0 Å². The summed E-state index contributed by atoms with van der Waals surface area (Å²) in [6, 6.07) is 0. The zero-order valence-corrected chi connectivity index (χ0v) is 7.43. The Balaban J connectivity index is 5.06. The summed E-state index contributed by atoms with van der Waals surface area (Å²) < 4.78 is 0. The van der Waals surface area contributed by atoms with E-state index in [-0.39, 0.29) is 0 Å². The van der Waals surface area contributed by atoms with Crippen molar-refractivity contribution in [2.45, 2.75) is 24.7 Å². The van der Waals surface area contributed by atoms with Crippen molar-refractivity contribution in [3.05, 3.63) is 0 Å². The fraction of sp³-hybridized carbons (Fsp3) is 1.00. The lowest BCUT2D eigenvalue weighted by molar-refractivity contribution is 0.0977. The molecule has 0 spiro atoms. The fourth-order valence-electron chi connectivity index (χ4n) is 1.33. The highest BCUT2D eigenvalue weighted by atomic mass is 15.1. The van der Waals surface area contributed by atoms with Gasteiger partial charge in [0, 0.05) is 0 Å². The van der Waals surface area contributed by atoms with E-state index in [1.54, 1.807) is 0 Å². The largest absolute Gasteiger partial charge is 0.315 e. The second-order valence-corrected chi connectivity index (χ2v) is 3.10. The number of hydrogen-bond donors (Lipinski definition) is 8. The lowest BCUT2D eigenvalue weighted by Crippen LogP contribution is -2.78. The Morgan fingerprint density at radius 1 is 0.462 bits per heavy atom. The number of nitrogens with two attached hydrogens (primary N) is 8. The SMILES string of the molecule is NC(N)C(C(N)N)(C(N)N)C(N)N. The predicted molar refractivity (Wildman–Crippen MR) is 51.1 cm³/mol. The Bertz CT molecular complexity index is 115. The maximum absolute atomic E-state index is 5.47. The van der Waals surface area contributed by atoms with E-state index in [4.69, 9.17) is 45.9 Å². The van der Waals surface area contributed by atoms with E-state index < -0.39 is 30.1 Å². The minimum absolute atomic E-state index is 0.979. The lowest BCUT2D eigenvalue weighted by atomic mass is 9.76. The Morgan fingerprint density at radius 2 is 0.615 bits per heavy atom. The van der Waals surface area contributed by atoms with Crippen molar-refractivity contribution in [3.63, 3.8) is 0 Å². The molecule has 0 saturated heterocycles. The summed E-state index contributed by atoms with van der Waals surface area (Å²) in [5, 5.41) is 0. The predicted octanol–water partition coefficient (Wildman–Crippen LogP) is -5.05. The molecule has 0 aromatic carbocycles. The molecule has 0 aromatic rings. The van der Waals surface area contributed by atoms with Crippen LogP contribution in [0, 0.1) is 5.41 Å². The molecule has 0 fully saturated rings. The highest BCUT2D eigenvalue weighted by Gasteiger charge is 2.47. The molecule has 0 aliphatic rings. The van der Waals surface area contributed by atoms with E-state index in [1.165, 1.54) is 0 Å². The molecule has 8 heteroatoms. The third-order valence-electron chi connectivity index (χ3n) is 2.31. The van der Waals surface area contributed by atoms with Crippen molar-refractivity contribution in [2.75, 3.05) is 0 Å². The van der Waals surface area contributed by atoms with Crippen LogP contribution < -0.4 is 45.9 Å². The Hall–Kier alpha value is -0.320. The van der Waals surface area contributed by atoms with Crippen LogP contribution in [-0.4, -0.2) is 24.7 Å². The van der Waals surface area contributed by atoms with Crippen molar-refractivity contribution in [1.29, 1.82) is 0 Å². The van der Waals surface area contributed by atoms with Gasteiger partial charge < -0.3 is 45.9 Å². The summed E-state index contributed by atoms with van der Waals surface area (Å²) in [5.41, 5.74) is 42.5. The molecule has 0 saturated carbocycles. The molecular formula is C5H20N8. The van der Waals surface area contributed by atoms with Crippen molar-refractivity contribution in [2.24, 2.45) is 51.3 Å². The van der Waals surface area contributed by atoms with Crippen LogP contribution in [0.5, 0.6) is 0 Å². The Labute approximate surface area is 76.9 Å². The average Bonchev–Trinajstić information content (AvgIpc) is 1.82. The van der Waals surface area contributed by atoms with Crippen LogP contribution in [0.1, 0.15) is 0 Å². The third kappa shape index (κ3) is 1.95. The summed E-state index contributed by atoms with van der Waals surface area (Å²) in [7, 11) is 0. The van der Waals surface area contributed by atoms with E-state index in [1.807, 2.05) is 0 Å². The minimum atomic E-state index is -1.28. The van der Waals surface area contributed by atoms with E-state index in [0.29, 0.717) is 0 Å². The van der Waals surface area contributed by atoms with Crippen molar-refractivity contribution >= 4 is 0 Å². The Morgan fingerprint density at radius 3 is 0.615 bits per heavy atom. The van der Waals surface area contributed by atoms with Crippen LogP contribution in [0.15, 0.2) is 0 Å². The normalized spacial score (nSPS) is 13.8. The summed E-state index contributed by atoms with van der Waals surface area (Å²) in [4.78, 5) is 0. The first-order valence-corrected chi connectivity index (χ1v) is 3.82. The average molecular weight is 192 g/mol. The fourth-order valence-corrected chi connectivity index (χ4v) is 1.33. The maximum atomic E-state index is 5.47. The monoisotopic (exact) mass is 192 g/mol. The maximum Gasteiger partial charge on any atom is 0.0823 e. The van der Waals surface area contributed by atoms with Gasteiger partial charge in [0.15, 0.2) is 0 Å². The molecule has 0 radical (unpaired) electrons. The molecule has 16 N–H and O–H groups in total. The second kappa shape index (κ2) is 4.26. The molecule has 0 unspecified atom stereocenters. The zero-order valence-electron chi connectivity index (χ0n) is 7.43. The van der Waals surface area contributed by atoms with E-state index >= 15 is 0 Å². The number of rotatable bonds is 4. The van der Waals surface area contributed by atoms with E-state index in [0.717, 1.165) is 0 Å². The van der Waals surface area contributed by atoms with Gasteiger partial charge in [-0.15, -0.1) is 0 Å². The topological polar surface area (TPSA) is 208 Å². The molecule has 0 aromatic heterocycles. The van der Waals surface area contributed by atoms with Gasteiger partial charge in [-0.05, 0) is 0 Å².